The van der Waals surface area contributed by atoms with Crippen molar-refractivity contribution >= 4 is 21.6 Å². The Labute approximate surface area is 172 Å². The largest absolute Gasteiger partial charge is 0.416 e. The van der Waals surface area contributed by atoms with Crippen LogP contribution < -0.4 is 10.6 Å². The van der Waals surface area contributed by atoms with Crippen LogP contribution in [0.5, 0.6) is 0 Å². The van der Waals surface area contributed by atoms with Crippen molar-refractivity contribution in [1.82, 2.24) is 4.98 Å². The first-order valence-corrected chi connectivity index (χ1v) is 11.0. The van der Waals surface area contributed by atoms with Crippen LogP contribution in [-0.2, 0) is 20.8 Å². The van der Waals surface area contributed by atoms with Crippen molar-refractivity contribution in [2.45, 2.75) is 48.0 Å². The quantitative estimate of drug-likeness (QED) is 0.743. The van der Waals surface area contributed by atoms with E-state index < -0.39 is 32.7 Å². The third-order valence-corrected chi connectivity index (χ3v) is 7.54. The maximum Gasteiger partial charge on any atom is 0.416 e. The van der Waals surface area contributed by atoms with Gasteiger partial charge in [-0.1, -0.05) is 12.1 Å². The topological polar surface area (TPSA) is 93.4 Å². The van der Waals surface area contributed by atoms with Crippen molar-refractivity contribution < 1.29 is 26.4 Å². The van der Waals surface area contributed by atoms with Crippen LogP contribution in [0.1, 0.15) is 31.2 Å². The van der Waals surface area contributed by atoms with Gasteiger partial charge in [-0.05, 0) is 56.0 Å². The van der Waals surface area contributed by atoms with Crippen LogP contribution in [0.4, 0.5) is 19.0 Å². The Bertz CT molecular complexity index is 989. The zero-order valence-electron chi connectivity index (χ0n) is 16.0. The summed E-state index contributed by atoms with van der Waals surface area (Å²) in [5, 5.41) is -0.781. The molecule has 1 heterocycles. The van der Waals surface area contributed by atoms with E-state index in [0.717, 1.165) is 12.1 Å². The summed E-state index contributed by atoms with van der Waals surface area (Å²) < 4.78 is 64.7. The number of carbonyl (C=O) groups excluding carboxylic acids is 1. The zero-order valence-corrected chi connectivity index (χ0v) is 16.9. The van der Waals surface area contributed by atoms with Gasteiger partial charge in [-0.2, -0.15) is 13.2 Å². The molecule has 30 heavy (non-hydrogen) atoms. The monoisotopic (exact) mass is 441 g/mol. The third kappa shape index (κ3) is 4.92. The first-order chi connectivity index (χ1) is 14.1. The standard InChI is InChI=1S/C20H22F3N3O3S/c21-20(22,23)14-4-3-5-17(12-14)30(28,29)16-9-7-15(8-10-16)26(13-18(24)27)19-6-1-2-11-25-19/h1-6,11-12,15-16H,7-10,13H2,(H2,24,27). The van der Waals surface area contributed by atoms with Gasteiger partial charge >= 0.3 is 6.18 Å². The second-order valence-corrected chi connectivity index (χ2v) is 9.51. The summed E-state index contributed by atoms with van der Waals surface area (Å²) in [6.07, 6.45) is -1.58. The van der Waals surface area contributed by atoms with Crippen molar-refractivity contribution in [1.29, 1.82) is 0 Å². The maximum atomic E-state index is 13.0. The molecule has 1 amide bonds. The van der Waals surface area contributed by atoms with Gasteiger partial charge in [0.25, 0.3) is 0 Å². The Morgan fingerprint density at radius 1 is 1.10 bits per heavy atom. The van der Waals surface area contributed by atoms with E-state index in [1.54, 1.807) is 29.3 Å². The number of aromatic nitrogens is 1. The number of hydrogen-bond acceptors (Lipinski definition) is 5. The number of pyridine rings is 1. The lowest BCUT2D eigenvalue weighted by atomic mass is 9.93. The highest BCUT2D eigenvalue weighted by atomic mass is 32.2. The number of alkyl halides is 3. The van der Waals surface area contributed by atoms with E-state index in [1.165, 1.54) is 6.07 Å². The Hall–Kier alpha value is -2.62. The van der Waals surface area contributed by atoms with E-state index in [2.05, 4.69) is 4.98 Å². The van der Waals surface area contributed by atoms with Crippen LogP contribution in [0.3, 0.4) is 0 Å². The fraction of sp³-hybridized carbons (Fsp3) is 0.400. The molecule has 1 aliphatic carbocycles. The van der Waals surface area contributed by atoms with Gasteiger partial charge in [0.2, 0.25) is 5.91 Å². The van der Waals surface area contributed by atoms with Gasteiger partial charge in [0, 0.05) is 12.2 Å². The molecule has 0 bridgehead atoms. The molecule has 1 fully saturated rings. The minimum Gasteiger partial charge on any atom is -0.368 e. The van der Waals surface area contributed by atoms with E-state index in [1.807, 2.05) is 0 Å². The molecule has 162 valence electrons. The van der Waals surface area contributed by atoms with Crippen molar-refractivity contribution in [3.05, 3.63) is 54.2 Å². The third-order valence-electron chi connectivity index (χ3n) is 5.28. The summed E-state index contributed by atoms with van der Waals surface area (Å²) in [6.45, 7) is -0.0489. The van der Waals surface area contributed by atoms with E-state index in [0.29, 0.717) is 24.7 Å². The minimum atomic E-state index is -4.61. The molecule has 6 nitrogen and oxygen atoms in total. The van der Waals surface area contributed by atoms with E-state index in [4.69, 9.17) is 5.73 Å². The SMILES string of the molecule is NC(=O)CN(c1ccccn1)C1CCC(S(=O)(=O)c2cccc(C(F)(F)F)c2)CC1. The van der Waals surface area contributed by atoms with Gasteiger partial charge < -0.3 is 10.6 Å². The summed E-state index contributed by atoms with van der Waals surface area (Å²) in [5.74, 6) is 0.0415. The normalized spacial score (nSPS) is 20.0. The van der Waals surface area contributed by atoms with Crippen molar-refractivity contribution in [2.24, 2.45) is 5.73 Å². The molecule has 0 atom stereocenters. The summed E-state index contributed by atoms with van der Waals surface area (Å²) >= 11 is 0. The smallest absolute Gasteiger partial charge is 0.368 e. The summed E-state index contributed by atoms with van der Waals surface area (Å²) in [7, 11) is -3.91. The number of benzene rings is 1. The first kappa shape index (κ1) is 22.1. The molecule has 2 aromatic rings. The van der Waals surface area contributed by atoms with Crippen LogP contribution in [0.15, 0.2) is 53.6 Å². The van der Waals surface area contributed by atoms with Crippen LogP contribution in [0.25, 0.3) is 0 Å². The second-order valence-electron chi connectivity index (χ2n) is 7.28. The predicted octanol–water partition coefficient (Wildman–Crippen LogP) is 3.18. The summed E-state index contributed by atoms with van der Waals surface area (Å²) in [5.41, 5.74) is 4.38. The number of anilines is 1. The summed E-state index contributed by atoms with van der Waals surface area (Å²) in [4.78, 5) is 17.2. The lowest BCUT2D eigenvalue weighted by Gasteiger charge is -2.36. The van der Waals surface area contributed by atoms with E-state index in [9.17, 15) is 26.4 Å². The molecule has 1 aromatic carbocycles. The van der Waals surface area contributed by atoms with Gasteiger partial charge in [0.1, 0.15) is 5.82 Å². The lowest BCUT2D eigenvalue weighted by molar-refractivity contribution is -0.137. The number of rotatable bonds is 6. The average Bonchev–Trinajstić information content (AvgIpc) is 2.72. The zero-order chi connectivity index (χ0) is 21.9. The highest BCUT2D eigenvalue weighted by Crippen LogP contribution is 2.35. The predicted molar refractivity (Wildman–Crippen MR) is 105 cm³/mol. The molecule has 2 N–H and O–H groups in total. The van der Waals surface area contributed by atoms with Gasteiger partial charge in [-0.25, -0.2) is 13.4 Å². The van der Waals surface area contributed by atoms with Crippen molar-refractivity contribution in [3.8, 4) is 0 Å². The van der Waals surface area contributed by atoms with Crippen LogP contribution in [0, 0.1) is 0 Å². The number of nitrogens with two attached hydrogens (primary N) is 1. The number of amides is 1. The molecule has 1 aromatic heterocycles. The van der Waals surface area contributed by atoms with Gasteiger partial charge in [-0.15, -0.1) is 0 Å². The number of hydrogen-bond donors (Lipinski definition) is 1. The molecule has 0 spiro atoms. The molecule has 1 aliphatic rings. The van der Waals surface area contributed by atoms with Crippen molar-refractivity contribution in [3.63, 3.8) is 0 Å². The van der Waals surface area contributed by atoms with Crippen LogP contribution in [-0.4, -0.2) is 37.1 Å². The molecular weight excluding hydrogens is 419 g/mol. The lowest BCUT2D eigenvalue weighted by Crippen LogP contribution is -2.45. The van der Waals surface area contributed by atoms with Crippen LogP contribution in [0.2, 0.25) is 0 Å². The molecular formula is C20H22F3N3O3S. The molecule has 1 saturated carbocycles. The highest BCUT2D eigenvalue weighted by molar-refractivity contribution is 7.92. The fourth-order valence-electron chi connectivity index (χ4n) is 3.80. The average molecular weight is 441 g/mol. The van der Waals surface area contributed by atoms with E-state index >= 15 is 0 Å². The second kappa shape index (κ2) is 8.63. The van der Waals surface area contributed by atoms with Gasteiger partial charge in [0.15, 0.2) is 9.84 Å². The van der Waals surface area contributed by atoms with Crippen LogP contribution >= 0.6 is 0 Å². The Kier molecular flexibility index (Phi) is 6.35. The van der Waals surface area contributed by atoms with E-state index in [-0.39, 0.29) is 30.3 Å². The highest BCUT2D eigenvalue weighted by Gasteiger charge is 2.36. The number of carbonyl (C=O) groups is 1. The maximum absolute atomic E-state index is 13.0. The first-order valence-electron chi connectivity index (χ1n) is 9.46. The fourth-order valence-corrected chi connectivity index (χ4v) is 5.63. The Morgan fingerprint density at radius 3 is 2.37 bits per heavy atom. The number of nitrogens with zero attached hydrogens (tertiary/aromatic N) is 2. The summed E-state index contributed by atoms with van der Waals surface area (Å²) in [6, 6.07) is 8.97. The molecule has 10 heteroatoms. The molecule has 0 saturated heterocycles. The van der Waals surface area contributed by atoms with Gasteiger partial charge in [0.05, 0.1) is 22.3 Å². The Balaban J connectivity index is 1.76. The Morgan fingerprint density at radius 2 is 1.80 bits per heavy atom. The number of primary amides is 1. The molecule has 3 rings (SSSR count). The van der Waals surface area contributed by atoms with Gasteiger partial charge in [-0.3, -0.25) is 4.79 Å². The molecule has 0 radical (unpaired) electrons. The number of halogens is 3. The minimum absolute atomic E-state index is 0.0489. The number of sulfone groups is 1. The molecule has 0 unspecified atom stereocenters. The molecule has 0 aliphatic heterocycles. The van der Waals surface area contributed by atoms with Crippen molar-refractivity contribution in [2.75, 3.05) is 11.4 Å².